The van der Waals surface area contributed by atoms with Crippen molar-refractivity contribution in [2.45, 2.75) is 111 Å². The normalized spacial score (nSPS) is 42.1. The zero-order valence-corrected chi connectivity index (χ0v) is 27.3. The lowest BCUT2D eigenvalue weighted by atomic mass is 9.39. The van der Waals surface area contributed by atoms with Gasteiger partial charge >= 0.3 is 23.9 Å². The van der Waals surface area contributed by atoms with Gasteiger partial charge in [0.2, 0.25) is 0 Å². The van der Waals surface area contributed by atoms with Gasteiger partial charge in [-0.25, -0.2) is 4.79 Å². The van der Waals surface area contributed by atoms with E-state index in [1.54, 1.807) is 32.4 Å². The predicted octanol–water partition coefficient (Wildman–Crippen LogP) is 5.21. The van der Waals surface area contributed by atoms with E-state index in [-0.39, 0.29) is 31.3 Å². The van der Waals surface area contributed by atoms with Crippen molar-refractivity contribution in [1.82, 2.24) is 0 Å². The highest BCUT2D eigenvalue weighted by Gasteiger charge is 2.78. The summed E-state index contributed by atoms with van der Waals surface area (Å²) in [6, 6.07) is 1.92. The van der Waals surface area contributed by atoms with E-state index in [0.717, 1.165) is 16.7 Å². The molecule has 1 aromatic rings. The Morgan fingerprint density at radius 3 is 2.31 bits per heavy atom. The molecule has 11 atom stereocenters. The maximum Gasteiger partial charge on any atom is 0.333 e. The van der Waals surface area contributed by atoms with Crippen LogP contribution in [0.2, 0.25) is 0 Å². The third kappa shape index (κ3) is 4.53. The molecule has 0 unspecified atom stereocenters. The summed E-state index contributed by atoms with van der Waals surface area (Å²) in [6.07, 6.45) is 2.53. The molecule has 0 N–H and O–H groups in total. The lowest BCUT2D eigenvalue weighted by Gasteiger charge is -2.66. The van der Waals surface area contributed by atoms with Crippen LogP contribution in [0.15, 0.2) is 45.8 Å². The quantitative estimate of drug-likeness (QED) is 0.186. The summed E-state index contributed by atoms with van der Waals surface area (Å²) in [5.74, 6) is -2.68. The van der Waals surface area contributed by atoms with Gasteiger partial charge in [-0.1, -0.05) is 32.4 Å². The van der Waals surface area contributed by atoms with Crippen LogP contribution in [0.1, 0.15) is 86.1 Å². The fourth-order valence-corrected chi connectivity index (χ4v) is 10.1. The summed E-state index contributed by atoms with van der Waals surface area (Å²) in [5.41, 5.74) is 0.879. The maximum atomic E-state index is 13.8. The smallest absolute Gasteiger partial charge is 0.333 e. The van der Waals surface area contributed by atoms with Crippen LogP contribution in [0.25, 0.3) is 0 Å². The molecule has 2 saturated carbocycles. The highest BCUT2D eigenvalue weighted by atomic mass is 16.6. The maximum absolute atomic E-state index is 13.8. The van der Waals surface area contributed by atoms with Crippen LogP contribution in [0.4, 0.5) is 0 Å². The van der Waals surface area contributed by atoms with Crippen LogP contribution >= 0.6 is 0 Å². The Kier molecular flexibility index (Phi) is 7.61. The molecule has 2 aliphatic heterocycles. The molecule has 4 fully saturated rings. The zero-order chi connectivity index (χ0) is 32.6. The molecule has 0 radical (unpaired) electrons. The van der Waals surface area contributed by atoms with Crippen molar-refractivity contribution in [2.24, 2.45) is 28.1 Å². The zero-order valence-electron chi connectivity index (χ0n) is 27.3. The number of carbonyl (C=O) groups is 4. The molecule has 3 heterocycles. The first-order chi connectivity index (χ1) is 21.2. The fraction of sp³-hybridized carbons (Fsp3) is 0.657. The standard InChI is InChI=1S/C35H44O10/c1-9-17(2)32(39)45-31-29-30-33(6,16-41-29)25(42-19(4)36)14-26(43-20(5)37)34(30,7)24-13-27(38)44-23-12-22(21-10-11-40-15-21)18(3)28(23)35(24,31)8/h9-11,15,22-26,29-31H,12-14,16H2,1-8H3/t22-,23+,24-,25-,26+,29-,30+,31-,33-,34+,35-/m1/s1. The molecule has 0 amide bonds. The fourth-order valence-electron chi connectivity index (χ4n) is 10.1. The van der Waals surface area contributed by atoms with Gasteiger partial charge in [0.1, 0.15) is 24.4 Å². The lowest BCUT2D eigenvalue weighted by Crippen LogP contribution is -2.72. The van der Waals surface area contributed by atoms with Crippen molar-refractivity contribution in [2.75, 3.05) is 6.61 Å². The molecule has 1 aromatic heterocycles. The Balaban J connectivity index is 1.61. The Hall–Kier alpha value is -3.40. The summed E-state index contributed by atoms with van der Waals surface area (Å²) in [4.78, 5) is 52.5. The molecular weight excluding hydrogens is 580 g/mol. The number of esters is 4. The highest BCUT2D eigenvalue weighted by molar-refractivity contribution is 5.88. The van der Waals surface area contributed by atoms with E-state index in [0.29, 0.717) is 12.0 Å². The van der Waals surface area contributed by atoms with Crippen LogP contribution in [0, 0.1) is 28.1 Å². The monoisotopic (exact) mass is 624 g/mol. The molecule has 10 nitrogen and oxygen atoms in total. The third-order valence-corrected chi connectivity index (χ3v) is 12.0. The average Bonchev–Trinajstić information content (AvgIpc) is 3.68. The van der Waals surface area contributed by atoms with Crippen molar-refractivity contribution < 1.29 is 47.3 Å². The predicted molar refractivity (Wildman–Crippen MR) is 159 cm³/mol. The summed E-state index contributed by atoms with van der Waals surface area (Å²) in [6.45, 7) is 14.7. The lowest BCUT2D eigenvalue weighted by molar-refractivity contribution is -0.257. The molecule has 10 heteroatoms. The first-order valence-electron chi connectivity index (χ1n) is 15.9. The Morgan fingerprint density at radius 2 is 1.69 bits per heavy atom. The van der Waals surface area contributed by atoms with Gasteiger partial charge in [0.05, 0.1) is 25.2 Å². The van der Waals surface area contributed by atoms with Gasteiger partial charge in [-0.2, -0.15) is 0 Å². The molecular formula is C35H44O10. The molecule has 0 spiro atoms. The number of carbonyl (C=O) groups excluding carboxylic acids is 4. The van der Waals surface area contributed by atoms with Gasteiger partial charge in [0.15, 0.2) is 0 Å². The Bertz CT molecular complexity index is 1470. The number of fused-ring (bicyclic) bond motifs is 4. The average molecular weight is 625 g/mol. The summed E-state index contributed by atoms with van der Waals surface area (Å²) >= 11 is 0. The largest absolute Gasteiger partial charge is 0.472 e. The molecule has 0 aromatic carbocycles. The van der Waals surface area contributed by atoms with Crippen LogP contribution in [0.5, 0.6) is 0 Å². The molecule has 3 aliphatic carbocycles. The first-order valence-corrected chi connectivity index (χ1v) is 15.9. The minimum absolute atomic E-state index is 0.0304. The molecule has 45 heavy (non-hydrogen) atoms. The number of ether oxygens (including phenoxy) is 5. The highest BCUT2D eigenvalue weighted by Crippen LogP contribution is 2.72. The first kappa shape index (κ1) is 31.6. The molecule has 5 aliphatic rings. The van der Waals surface area contributed by atoms with Gasteiger partial charge in [0.25, 0.3) is 0 Å². The molecule has 2 saturated heterocycles. The van der Waals surface area contributed by atoms with Crippen LogP contribution in [-0.4, -0.2) is 61.0 Å². The van der Waals surface area contributed by atoms with Crippen molar-refractivity contribution in [1.29, 1.82) is 0 Å². The van der Waals surface area contributed by atoms with E-state index in [1.165, 1.54) is 13.8 Å². The van der Waals surface area contributed by atoms with Gasteiger partial charge in [0, 0.05) is 60.3 Å². The van der Waals surface area contributed by atoms with Crippen LogP contribution in [-0.2, 0) is 42.9 Å². The summed E-state index contributed by atoms with van der Waals surface area (Å²) in [5, 5.41) is 0. The van der Waals surface area contributed by atoms with E-state index < -0.39 is 76.5 Å². The van der Waals surface area contributed by atoms with Crippen LogP contribution in [0.3, 0.4) is 0 Å². The van der Waals surface area contributed by atoms with Crippen molar-refractivity contribution in [3.63, 3.8) is 0 Å². The van der Waals surface area contributed by atoms with Crippen LogP contribution < -0.4 is 0 Å². The van der Waals surface area contributed by atoms with Gasteiger partial charge < -0.3 is 28.1 Å². The Morgan fingerprint density at radius 1 is 1.00 bits per heavy atom. The second-order valence-corrected chi connectivity index (χ2v) is 14.3. The minimum Gasteiger partial charge on any atom is -0.472 e. The van der Waals surface area contributed by atoms with E-state index in [2.05, 4.69) is 20.8 Å². The number of rotatable bonds is 5. The van der Waals surface area contributed by atoms with E-state index in [4.69, 9.17) is 28.1 Å². The minimum atomic E-state index is -0.948. The molecule has 244 valence electrons. The number of allylic oxidation sites excluding steroid dienone is 2. The van der Waals surface area contributed by atoms with Crippen molar-refractivity contribution in [3.05, 3.63) is 47.0 Å². The second kappa shape index (κ2) is 10.9. The topological polar surface area (TPSA) is 128 Å². The number of hydrogen-bond donors (Lipinski definition) is 0. The summed E-state index contributed by atoms with van der Waals surface area (Å²) < 4.78 is 36.9. The molecule has 6 rings (SSSR count). The second-order valence-electron chi connectivity index (χ2n) is 14.3. The van der Waals surface area contributed by atoms with Gasteiger partial charge in [-0.3, -0.25) is 14.4 Å². The molecule has 0 bridgehead atoms. The van der Waals surface area contributed by atoms with E-state index >= 15 is 0 Å². The van der Waals surface area contributed by atoms with E-state index in [1.807, 2.05) is 13.0 Å². The van der Waals surface area contributed by atoms with E-state index in [9.17, 15) is 19.2 Å². The van der Waals surface area contributed by atoms with Crippen molar-refractivity contribution in [3.8, 4) is 0 Å². The third-order valence-electron chi connectivity index (χ3n) is 12.0. The number of hydrogen-bond acceptors (Lipinski definition) is 10. The SMILES string of the molecule is CC=C(C)C(=O)O[C@@H]1[C@@H]2OC[C@]3(C)[C@H](OC(C)=O)C[C@H](OC(C)=O)[C@@](C)([C@@H]23)[C@H]2CC(=O)O[C@H]3C[C@@H](c4ccoc4)C(C)=C3[C@]12C. The van der Waals surface area contributed by atoms with Gasteiger partial charge in [-0.15, -0.1) is 0 Å². The number of furan rings is 1. The summed E-state index contributed by atoms with van der Waals surface area (Å²) in [7, 11) is 0. The van der Waals surface area contributed by atoms with Crippen molar-refractivity contribution >= 4 is 23.9 Å². The Labute approximate surface area is 263 Å². The van der Waals surface area contributed by atoms with Gasteiger partial charge in [-0.05, 0) is 50.3 Å².